The van der Waals surface area contributed by atoms with Crippen LogP contribution in [-0.4, -0.2) is 23.0 Å². The van der Waals surface area contributed by atoms with Gasteiger partial charge in [-0.1, -0.05) is 12.1 Å². The van der Waals surface area contributed by atoms with Gasteiger partial charge in [-0.05, 0) is 95.2 Å². The van der Waals surface area contributed by atoms with Crippen molar-refractivity contribution >= 4 is 5.91 Å². The van der Waals surface area contributed by atoms with Gasteiger partial charge in [0, 0.05) is 22.7 Å². The summed E-state index contributed by atoms with van der Waals surface area (Å²) < 4.78 is 6.11. The Balaban J connectivity index is 1.54. The topological polar surface area (TPSA) is 74.1 Å². The number of carbonyl (C=O) groups is 1. The van der Waals surface area contributed by atoms with Gasteiger partial charge >= 0.3 is 0 Å². The van der Waals surface area contributed by atoms with Crippen molar-refractivity contribution in [3.05, 3.63) is 59.2 Å². The molecule has 1 amide bonds. The molecule has 2 aliphatic rings. The molecule has 5 heteroatoms. The van der Waals surface area contributed by atoms with E-state index in [0.717, 1.165) is 37.0 Å². The molecule has 0 atom stereocenters. The second kappa shape index (κ2) is 8.01. The number of nitrogens with zero attached hydrogens (tertiary/aromatic N) is 1. The number of piperidine rings is 1. The molecule has 1 aliphatic carbocycles. The Kier molecular flexibility index (Phi) is 5.53. The first kappa shape index (κ1) is 21.4. The van der Waals surface area contributed by atoms with E-state index in [2.05, 4.69) is 44.4 Å². The average Bonchev–Trinajstić information content (AvgIpc) is 3.51. The molecule has 0 aromatic heterocycles. The quantitative estimate of drug-likeness (QED) is 0.695. The summed E-state index contributed by atoms with van der Waals surface area (Å²) in [5, 5.41) is 16.3. The summed E-state index contributed by atoms with van der Waals surface area (Å²) in [5.74, 6) is 1.65. The molecule has 31 heavy (non-hydrogen) atoms. The number of amides is 1. The lowest BCUT2D eigenvalue weighted by Crippen LogP contribution is -2.62. The monoisotopic (exact) mass is 417 g/mol. The fraction of sp³-hybridized carbons (Fsp3) is 0.462. The zero-order valence-corrected chi connectivity index (χ0v) is 18.8. The summed E-state index contributed by atoms with van der Waals surface area (Å²) in [6, 6.07) is 15.2. The molecule has 162 valence electrons. The first-order valence-corrected chi connectivity index (χ1v) is 11.1. The molecule has 2 N–H and O–H groups in total. The second-order valence-corrected chi connectivity index (χ2v) is 10.2. The number of nitriles is 1. The van der Waals surface area contributed by atoms with Crippen molar-refractivity contribution in [1.29, 1.82) is 5.26 Å². The molecule has 1 saturated carbocycles. The van der Waals surface area contributed by atoms with Crippen LogP contribution in [0.4, 0.5) is 0 Å². The highest BCUT2D eigenvalue weighted by molar-refractivity contribution is 5.95. The van der Waals surface area contributed by atoms with E-state index in [1.807, 2.05) is 30.3 Å². The summed E-state index contributed by atoms with van der Waals surface area (Å²) in [5.41, 5.74) is 2.17. The molecule has 0 unspecified atom stereocenters. The van der Waals surface area contributed by atoms with Crippen LogP contribution in [0.5, 0.6) is 11.5 Å². The summed E-state index contributed by atoms with van der Waals surface area (Å²) in [7, 11) is 0. The van der Waals surface area contributed by atoms with Gasteiger partial charge in [-0.2, -0.15) is 5.26 Å². The molecule has 4 rings (SSSR count). The maximum atomic E-state index is 13.1. The third kappa shape index (κ3) is 5.08. The number of benzene rings is 2. The lowest BCUT2D eigenvalue weighted by Gasteiger charge is -2.46. The Bertz CT molecular complexity index is 1020. The Morgan fingerprint density at radius 3 is 2.39 bits per heavy atom. The molecular weight excluding hydrogens is 386 g/mol. The summed E-state index contributed by atoms with van der Waals surface area (Å²) in [6.07, 6.45) is 3.98. The fourth-order valence-electron chi connectivity index (χ4n) is 4.96. The highest BCUT2D eigenvalue weighted by Crippen LogP contribution is 2.46. The standard InChI is InChI=1S/C26H31N3O2/c1-25(2)14-20(15-26(3,4)29-25)28-24(30)18-11-12-23(21(13-18)17-9-10-17)31-22-8-6-5-7-19(22)16-27/h5-8,11-13,17,20,29H,9-10,14-15H2,1-4H3,(H,28,30). The van der Waals surface area contributed by atoms with Crippen molar-refractivity contribution in [2.24, 2.45) is 0 Å². The third-order valence-corrected chi connectivity index (χ3v) is 6.04. The number of nitrogens with one attached hydrogen (secondary N) is 2. The van der Waals surface area contributed by atoms with E-state index in [4.69, 9.17) is 4.74 Å². The van der Waals surface area contributed by atoms with Crippen LogP contribution in [0.25, 0.3) is 0 Å². The lowest BCUT2D eigenvalue weighted by atomic mass is 9.79. The SMILES string of the molecule is CC1(C)CC(NC(=O)c2ccc(Oc3ccccc3C#N)c(C3CC3)c2)CC(C)(C)N1. The average molecular weight is 418 g/mol. The van der Waals surface area contributed by atoms with E-state index >= 15 is 0 Å². The van der Waals surface area contributed by atoms with E-state index in [-0.39, 0.29) is 23.0 Å². The highest BCUT2D eigenvalue weighted by Gasteiger charge is 2.38. The first-order chi connectivity index (χ1) is 14.7. The van der Waals surface area contributed by atoms with Crippen LogP contribution in [0, 0.1) is 11.3 Å². The van der Waals surface area contributed by atoms with Crippen LogP contribution in [0.15, 0.2) is 42.5 Å². The van der Waals surface area contributed by atoms with Gasteiger partial charge in [0.1, 0.15) is 17.6 Å². The maximum Gasteiger partial charge on any atom is 0.251 e. The van der Waals surface area contributed by atoms with Crippen molar-refractivity contribution < 1.29 is 9.53 Å². The summed E-state index contributed by atoms with van der Waals surface area (Å²) in [4.78, 5) is 13.1. The predicted molar refractivity (Wildman–Crippen MR) is 121 cm³/mol. The van der Waals surface area contributed by atoms with Crippen molar-refractivity contribution in [3.8, 4) is 17.6 Å². The number of rotatable bonds is 5. The number of hydrogen-bond donors (Lipinski definition) is 2. The molecule has 0 spiro atoms. The number of hydrogen-bond acceptors (Lipinski definition) is 4. The smallest absolute Gasteiger partial charge is 0.251 e. The van der Waals surface area contributed by atoms with Gasteiger partial charge in [0.05, 0.1) is 5.56 Å². The predicted octanol–water partition coefficient (Wildman–Crippen LogP) is 5.27. The van der Waals surface area contributed by atoms with E-state index in [9.17, 15) is 10.1 Å². The van der Waals surface area contributed by atoms with Gasteiger partial charge in [-0.15, -0.1) is 0 Å². The third-order valence-electron chi connectivity index (χ3n) is 6.04. The van der Waals surface area contributed by atoms with Gasteiger partial charge in [-0.25, -0.2) is 0 Å². The zero-order valence-electron chi connectivity index (χ0n) is 18.8. The molecule has 2 aromatic carbocycles. The van der Waals surface area contributed by atoms with Gasteiger partial charge in [0.25, 0.3) is 5.91 Å². The largest absolute Gasteiger partial charge is 0.456 e. The van der Waals surface area contributed by atoms with E-state index in [1.54, 1.807) is 12.1 Å². The van der Waals surface area contributed by atoms with Crippen molar-refractivity contribution in [2.45, 2.75) is 76.4 Å². The van der Waals surface area contributed by atoms with Crippen molar-refractivity contribution in [1.82, 2.24) is 10.6 Å². The minimum Gasteiger partial charge on any atom is -0.456 e. The Labute approximate surface area is 184 Å². The number of ether oxygens (including phenoxy) is 1. The second-order valence-electron chi connectivity index (χ2n) is 10.2. The fourth-order valence-corrected chi connectivity index (χ4v) is 4.96. The van der Waals surface area contributed by atoms with Crippen LogP contribution >= 0.6 is 0 Å². The van der Waals surface area contributed by atoms with Gasteiger partial charge < -0.3 is 15.4 Å². The molecule has 1 aliphatic heterocycles. The van der Waals surface area contributed by atoms with Gasteiger partial charge in [0.15, 0.2) is 0 Å². The molecule has 2 fully saturated rings. The minimum absolute atomic E-state index is 0.0231. The van der Waals surface area contributed by atoms with Crippen LogP contribution in [0.3, 0.4) is 0 Å². The molecule has 0 bridgehead atoms. The zero-order chi connectivity index (χ0) is 22.2. The molecule has 1 heterocycles. The number of carbonyl (C=O) groups excluding carboxylic acids is 1. The number of para-hydroxylation sites is 1. The van der Waals surface area contributed by atoms with E-state index in [1.165, 1.54) is 0 Å². The minimum atomic E-state index is -0.0376. The lowest BCUT2D eigenvalue weighted by molar-refractivity contribution is 0.0873. The van der Waals surface area contributed by atoms with Crippen LogP contribution in [-0.2, 0) is 0 Å². The van der Waals surface area contributed by atoms with Gasteiger partial charge in [0.2, 0.25) is 0 Å². The molecule has 1 saturated heterocycles. The molecule has 2 aromatic rings. The summed E-state index contributed by atoms with van der Waals surface area (Å²) >= 11 is 0. The van der Waals surface area contributed by atoms with Gasteiger partial charge in [-0.3, -0.25) is 4.79 Å². The highest BCUT2D eigenvalue weighted by atomic mass is 16.5. The Morgan fingerprint density at radius 2 is 1.74 bits per heavy atom. The van der Waals surface area contributed by atoms with E-state index in [0.29, 0.717) is 22.8 Å². The normalized spacial score (nSPS) is 20.0. The van der Waals surface area contributed by atoms with Crippen LogP contribution in [0.2, 0.25) is 0 Å². The van der Waals surface area contributed by atoms with Crippen LogP contribution < -0.4 is 15.4 Å². The van der Waals surface area contributed by atoms with E-state index < -0.39 is 0 Å². The van der Waals surface area contributed by atoms with Crippen LogP contribution in [0.1, 0.15) is 80.8 Å². The molecular formula is C26H31N3O2. The molecule has 0 radical (unpaired) electrons. The van der Waals surface area contributed by atoms with Crippen molar-refractivity contribution in [2.75, 3.05) is 0 Å². The molecule has 5 nitrogen and oxygen atoms in total. The summed E-state index contributed by atoms with van der Waals surface area (Å²) in [6.45, 7) is 8.74. The first-order valence-electron chi connectivity index (χ1n) is 11.1. The van der Waals surface area contributed by atoms with Crippen molar-refractivity contribution in [3.63, 3.8) is 0 Å². The maximum absolute atomic E-state index is 13.1. The Hall–Kier alpha value is -2.84. The Morgan fingerprint density at radius 1 is 1.06 bits per heavy atom.